The van der Waals surface area contributed by atoms with Crippen LogP contribution in [0.1, 0.15) is 24.5 Å². The van der Waals surface area contributed by atoms with Crippen molar-refractivity contribution in [3.63, 3.8) is 0 Å². The van der Waals surface area contributed by atoms with Crippen molar-refractivity contribution in [2.75, 3.05) is 25.5 Å². The lowest BCUT2D eigenvalue weighted by Crippen LogP contribution is -2.27. The lowest BCUT2D eigenvalue weighted by molar-refractivity contribution is -0.118. The van der Waals surface area contributed by atoms with Gasteiger partial charge in [0.05, 0.1) is 11.4 Å². The SMILES string of the molecule is CCOCCCNC(=O)CSc1nccn1-c1cc(C)ccc1C. The molecule has 0 aliphatic heterocycles. The first kappa shape index (κ1) is 18.5. The van der Waals surface area contributed by atoms with Gasteiger partial charge >= 0.3 is 0 Å². The maximum atomic E-state index is 11.9. The summed E-state index contributed by atoms with van der Waals surface area (Å²) < 4.78 is 7.29. The summed E-state index contributed by atoms with van der Waals surface area (Å²) >= 11 is 1.45. The van der Waals surface area contributed by atoms with Crippen molar-refractivity contribution in [3.8, 4) is 5.69 Å². The number of imidazole rings is 1. The molecule has 1 amide bonds. The summed E-state index contributed by atoms with van der Waals surface area (Å²) in [6, 6.07) is 6.33. The highest BCUT2D eigenvalue weighted by molar-refractivity contribution is 7.99. The standard InChI is InChI=1S/C18H25N3O2S/c1-4-23-11-5-8-19-17(22)13-24-18-20-9-10-21(18)16-12-14(2)6-7-15(16)3/h6-7,9-10,12H,4-5,8,11,13H2,1-3H3,(H,19,22). The number of nitrogens with zero attached hydrogens (tertiary/aromatic N) is 2. The van der Waals surface area contributed by atoms with Crippen LogP contribution in [0.4, 0.5) is 0 Å². The molecule has 0 radical (unpaired) electrons. The number of carbonyl (C=O) groups is 1. The van der Waals surface area contributed by atoms with Crippen LogP contribution in [0.3, 0.4) is 0 Å². The average molecular weight is 347 g/mol. The molecular weight excluding hydrogens is 322 g/mol. The van der Waals surface area contributed by atoms with Crippen LogP contribution in [0.25, 0.3) is 5.69 Å². The molecule has 0 saturated carbocycles. The van der Waals surface area contributed by atoms with Gasteiger partial charge in [-0.3, -0.25) is 9.36 Å². The molecule has 0 spiro atoms. The summed E-state index contributed by atoms with van der Waals surface area (Å²) in [7, 11) is 0. The molecule has 0 fully saturated rings. The molecule has 1 heterocycles. The first-order chi connectivity index (χ1) is 11.6. The van der Waals surface area contributed by atoms with Gasteiger partial charge in [0.2, 0.25) is 5.91 Å². The molecule has 0 atom stereocenters. The van der Waals surface area contributed by atoms with Crippen molar-refractivity contribution in [2.45, 2.75) is 32.3 Å². The topological polar surface area (TPSA) is 56.1 Å². The Morgan fingerprint density at radius 3 is 3.00 bits per heavy atom. The van der Waals surface area contributed by atoms with Crippen LogP contribution in [0.5, 0.6) is 0 Å². The van der Waals surface area contributed by atoms with Crippen LogP contribution in [0.2, 0.25) is 0 Å². The molecule has 0 aliphatic carbocycles. The van der Waals surface area contributed by atoms with Crippen LogP contribution >= 0.6 is 11.8 Å². The summed E-state index contributed by atoms with van der Waals surface area (Å²) in [4.78, 5) is 16.3. The number of carbonyl (C=O) groups excluding carboxylic acids is 1. The number of hydrogen-bond acceptors (Lipinski definition) is 4. The van der Waals surface area contributed by atoms with Gasteiger partial charge in [0.25, 0.3) is 0 Å². The molecule has 5 nitrogen and oxygen atoms in total. The fourth-order valence-electron chi connectivity index (χ4n) is 2.29. The van der Waals surface area contributed by atoms with E-state index in [1.807, 2.05) is 17.7 Å². The average Bonchev–Trinajstić information content (AvgIpc) is 3.03. The molecule has 0 aliphatic rings. The minimum absolute atomic E-state index is 0.0204. The largest absolute Gasteiger partial charge is 0.382 e. The van der Waals surface area contributed by atoms with E-state index in [0.717, 1.165) is 17.3 Å². The lowest BCUT2D eigenvalue weighted by Gasteiger charge is -2.11. The number of aromatic nitrogens is 2. The summed E-state index contributed by atoms with van der Waals surface area (Å²) in [6.07, 6.45) is 4.54. The second kappa shape index (κ2) is 9.49. The molecular formula is C18H25N3O2S. The molecule has 0 unspecified atom stereocenters. The fourth-order valence-corrected chi connectivity index (χ4v) is 3.08. The number of ether oxygens (including phenoxy) is 1. The zero-order valence-corrected chi connectivity index (χ0v) is 15.4. The maximum Gasteiger partial charge on any atom is 0.230 e. The van der Waals surface area contributed by atoms with E-state index in [4.69, 9.17) is 4.74 Å². The number of thioether (sulfide) groups is 1. The molecule has 1 aromatic carbocycles. The van der Waals surface area contributed by atoms with E-state index in [1.165, 1.54) is 22.9 Å². The molecule has 1 N–H and O–H groups in total. The van der Waals surface area contributed by atoms with Crippen molar-refractivity contribution < 1.29 is 9.53 Å². The Labute approximate surface area is 147 Å². The van der Waals surface area contributed by atoms with E-state index < -0.39 is 0 Å². The van der Waals surface area contributed by atoms with E-state index in [1.54, 1.807) is 6.20 Å². The first-order valence-corrected chi connectivity index (χ1v) is 9.18. The summed E-state index contributed by atoms with van der Waals surface area (Å²) in [5.74, 6) is 0.378. The molecule has 6 heteroatoms. The predicted molar refractivity (Wildman–Crippen MR) is 97.9 cm³/mol. The van der Waals surface area contributed by atoms with Gasteiger partial charge in [-0.1, -0.05) is 23.9 Å². The van der Waals surface area contributed by atoms with Gasteiger partial charge in [-0.05, 0) is 44.4 Å². The predicted octanol–water partition coefficient (Wildman–Crippen LogP) is 3.12. The fraction of sp³-hybridized carbons (Fsp3) is 0.444. The third-order valence-corrected chi connectivity index (χ3v) is 4.52. The summed E-state index contributed by atoms with van der Waals surface area (Å²) in [5.41, 5.74) is 3.49. The first-order valence-electron chi connectivity index (χ1n) is 8.20. The Morgan fingerprint density at radius 2 is 2.21 bits per heavy atom. The van der Waals surface area contributed by atoms with Crippen molar-refractivity contribution in [3.05, 3.63) is 41.7 Å². The maximum absolute atomic E-state index is 11.9. The molecule has 0 saturated heterocycles. The van der Waals surface area contributed by atoms with Gasteiger partial charge in [-0.15, -0.1) is 0 Å². The zero-order valence-electron chi connectivity index (χ0n) is 14.5. The highest BCUT2D eigenvalue weighted by Crippen LogP contribution is 2.23. The Bertz CT molecular complexity index is 670. The molecule has 1 aromatic heterocycles. The second-order valence-corrected chi connectivity index (χ2v) is 6.50. The Kier molecular flexibility index (Phi) is 7.34. The van der Waals surface area contributed by atoms with Gasteiger partial charge in [-0.2, -0.15) is 0 Å². The van der Waals surface area contributed by atoms with Crippen molar-refractivity contribution >= 4 is 17.7 Å². The van der Waals surface area contributed by atoms with E-state index in [0.29, 0.717) is 25.5 Å². The molecule has 24 heavy (non-hydrogen) atoms. The van der Waals surface area contributed by atoms with E-state index in [9.17, 15) is 4.79 Å². The van der Waals surface area contributed by atoms with Crippen LogP contribution in [-0.4, -0.2) is 41.0 Å². The number of hydrogen-bond donors (Lipinski definition) is 1. The van der Waals surface area contributed by atoms with Crippen LogP contribution in [0, 0.1) is 13.8 Å². The minimum atomic E-state index is 0.0204. The Morgan fingerprint density at radius 1 is 1.38 bits per heavy atom. The van der Waals surface area contributed by atoms with E-state index in [2.05, 4.69) is 42.3 Å². The van der Waals surface area contributed by atoms with Crippen LogP contribution < -0.4 is 5.32 Å². The van der Waals surface area contributed by atoms with Crippen LogP contribution in [0.15, 0.2) is 35.7 Å². The Hall–Kier alpha value is -1.79. The molecule has 2 aromatic rings. The van der Waals surface area contributed by atoms with Crippen LogP contribution in [-0.2, 0) is 9.53 Å². The number of rotatable bonds is 9. The van der Waals surface area contributed by atoms with E-state index >= 15 is 0 Å². The highest BCUT2D eigenvalue weighted by atomic mass is 32.2. The normalized spacial score (nSPS) is 10.8. The van der Waals surface area contributed by atoms with Gasteiger partial charge in [0, 0.05) is 32.2 Å². The van der Waals surface area contributed by atoms with Gasteiger partial charge in [-0.25, -0.2) is 4.98 Å². The number of amides is 1. The Balaban J connectivity index is 1.89. The third-order valence-electron chi connectivity index (χ3n) is 3.56. The van der Waals surface area contributed by atoms with Gasteiger partial charge in [0.1, 0.15) is 0 Å². The van der Waals surface area contributed by atoms with Gasteiger partial charge < -0.3 is 10.1 Å². The highest BCUT2D eigenvalue weighted by Gasteiger charge is 2.10. The van der Waals surface area contributed by atoms with E-state index in [-0.39, 0.29) is 5.91 Å². The summed E-state index contributed by atoms with van der Waals surface area (Å²) in [6.45, 7) is 8.15. The quantitative estimate of drug-likeness (QED) is 0.559. The number of benzene rings is 1. The minimum Gasteiger partial charge on any atom is -0.382 e. The number of aryl methyl sites for hydroxylation is 2. The van der Waals surface area contributed by atoms with Crippen molar-refractivity contribution in [1.29, 1.82) is 0 Å². The second-order valence-electron chi connectivity index (χ2n) is 5.56. The number of nitrogens with one attached hydrogen (secondary N) is 1. The van der Waals surface area contributed by atoms with Crippen molar-refractivity contribution in [1.82, 2.24) is 14.9 Å². The lowest BCUT2D eigenvalue weighted by atomic mass is 10.1. The molecule has 0 bridgehead atoms. The summed E-state index contributed by atoms with van der Waals surface area (Å²) in [5, 5.41) is 3.73. The molecule has 130 valence electrons. The smallest absolute Gasteiger partial charge is 0.230 e. The zero-order chi connectivity index (χ0) is 17.4. The van der Waals surface area contributed by atoms with Crippen molar-refractivity contribution in [2.24, 2.45) is 0 Å². The molecule has 2 rings (SSSR count). The van der Waals surface area contributed by atoms with Gasteiger partial charge in [0.15, 0.2) is 5.16 Å². The monoisotopic (exact) mass is 347 g/mol. The third kappa shape index (κ3) is 5.39.